The third-order valence-electron chi connectivity index (χ3n) is 5.41. The van der Waals surface area contributed by atoms with Crippen LogP contribution in [0.5, 0.6) is 0 Å². The van der Waals surface area contributed by atoms with Crippen molar-refractivity contribution in [3.05, 3.63) is 50.6 Å². The second-order valence-electron chi connectivity index (χ2n) is 8.58. The summed E-state index contributed by atoms with van der Waals surface area (Å²) < 4.78 is 35.8. The highest BCUT2D eigenvalue weighted by Gasteiger charge is 2.13. The minimum absolute atomic E-state index is 0.000210. The third-order valence-corrected chi connectivity index (χ3v) is 5.41. The standard InChI is InChI=1S/C30H44N2O13/c1-5-25(33)31(13-19-42-27(35)7-3)11-17-39-15-9-29(37)44-23-21-41-22-24-45-30(38)10-16-40-18-12-32(26(34)6-2)14-20-43-28(36)8-4/h5-8H,1-4,9-24H2. The van der Waals surface area contributed by atoms with Gasteiger partial charge in [0.15, 0.2) is 0 Å². The highest BCUT2D eigenvalue weighted by Crippen LogP contribution is 1.97. The van der Waals surface area contributed by atoms with Crippen molar-refractivity contribution in [1.29, 1.82) is 0 Å². The van der Waals surface area contributed by atoms with Gasteiger partial charge in [-0.3, -0.25) is 19.2 Å². The summed E-state index contributed by atoms with van der Waals surface area (Å²) in [5.74, 6) is -2.86. The van der Waals surface area contributed by atoms with Gasteiger partial charge in [0, 0.05) is 25.2 Å². The van der Waals surface area contributed by atoms with Gasteiger partial charge in [-0.15, -0.1) is 0 Å². The smallest absolute Gasteiger partial charge is 0.330 e. The highest BCUT2D eigenvalue weighted by molar-refractivity contribution is 5.87. The molecule has 0 heterocycles. The van der Waals surface area contributed by atoms with E-state index in [0.29, 0.717) is 0 Å². The van der Waals surface area contributed by atoms with Crippen LogP contribution in [0.1, 0.15) is 12.8 Å². The van der Waals surface area contributed by atoms with Crippen LogP contribution in [0.2, 0.25) is 0 Å². The molecule has 0 saturated carbocycles. The molecule has 0 bridgehead atoms. The second-order valence-corrected chi connectivity index (χ2v) is 8.58. The Balaban J connectivity index is 3.84. The van der Waals surface area contributed by atoms with Crippen molar-refractivity contribution in [2.75, 3.05) is 92.2 Å². The van der Waals surface area contributed by atoms with Crippen molar-refractivity contribution in [2.24, 2.45) is 0 Å². The van der Waals surface area contributed by atoms with Gasteiger partial charge in [0.05, 0.1) is 65.6 Å². The first-order chi connectivity index (χ1) is 21.7. The molecule has 15 heteroatoms. The molecule has 0 N–H and O–H groups in total. The molecule has 0 aromatic carbocycles. The SMILES string of the molecule is C=CC(=O)OCCN(CCOCCC(=O)OCCOCCOC(=O)CCOCCN(CCOC(=O)C=C)C(=O)C=C)C(=O)C=C. The zero-order valence-electron chi connectivity index (χ0n) is 25.7. The van der Waals surface area contributed by atoms with Gasteiger partial charge in [0.1, 0.15) is 26.4 Å². The Morgan fingerprint density at radius 2 is 0.778 bits per heavy atom. The molecule has 0 aromatic rings. The predicted octanol–water partition coefficient (Wildman–Crippen LogP) is 0.390. The Labute approximate surface area is 263 Å². The van der Waals surface area contributed by atoms with Crippen molar-refractivity contribution in [3.8, 4) is 0 Å². The fourth-order valence-electron chi connectivity index (χ4n) is 3.09. The molecule has 2 amide bonds. The molecule has 0 unspecified atom stereocenters. The largest absolute Gasteiger partial charge is 0.463 e. The molecule has 252 valence electrons. The van der Waals surface area contributed by atoms with Crippen LogP contribution in [0.25, 0.3) is 0 Å². The molecule has 0 aliphatic rings. The van der Waals surface area contributed by atoms with Crippen LogP contribution >= 0.6 is 0 Å². The first-order valence-electron chi connectivity index (χ1n) is 14.1. The lowest BCUT2D eigenvalue weighted by atomic mass is 10.4. The molecule has 45 heavy (non-hydrogen) atoms. The zero-order chi connectivity index (χ0) is 33.7. The summed E-state index contributed by atoms with van der Waals surface area (Å²) >= 11 is 0. The molecule has 0 aliphatic carbocycles. The number of carbonyl (C=O) groups excluding carboxylic acids is 6. The van der Waals surface area contributed by atoms with E-state index in [1.54, 1.807) is 0 Å². The van der Waals surface area contributed by atoms with Crippen molar-refractivity contribution in [1.82, 2.24) is 9.80 Å². The normalized spacial score (nSPS) is 10.1. The number of carbonyl (C=O) groups is 6. The van der Waals surface area contributed by atoms with Crippen molar-refractivity contribution in [2.45, 2.75) is 12.8 Å². The number of nitrogens with zero attached hydrogens (tertiary/aromatic N) is 2. The Bertz CT molecular complexity index is 907. The zero-order valence-corrected chi connectivity index (χ0v) is 25.7. The first kappa shape index (κ1) is 40.7. The number of esters is 4. The van der Waals surface area contributed by atoms with Gasteiger partial charge in [0.25, 0.3) is 0 Å². The Morgan fingerprint density at radius 1 is 0.422 bits per heavy atom. The number of hydrogen-bond acceptors (Lipinski definition) is 13. The van der Waals surface area contributed by atoms with E-state index in [1.165, 1.54) is 9.80 Å². The predicted molar refractivity (Wildman–Crippen MR) is 159 cm³/mol. The van der Waals surface area contributed by atoms with Crippen LogP contribution in [0, 0.1) is 0 Å². The molecule has 0 spiro atoms. The summed E-state index contributed by atoms with van der Waals surface area (Å²) in [6.45, 7) is 14.9. The van der Waals surface area contributed by atoms with Crippen molar-refractivity contribution < 1.29 is 61.9 Å². The van der Waals surface area contributed by atoms with Crippen molar-refractivity contribution >= 4 is 35.7 Å². The van der Waals surface area contributed by atoms with E-state index in [9.17, 15) is 28.8 Å². The Hall–Kier alpha value is -4.34. The molecular weight excluding hydrogens is 596 g/mol. The molecule has 0 aliphatic heterocycles. The van der Waals surface area contributed by atoms with Crippen LogP contribution in [0.3, 0.4) is 0 Å². The molecule has 0 aromatic heterocycles. The van der Waals surface area contributed by atoms with E-state index in [1.807, 2.05) is 0 Å². The maximum Gasteiger partial charge on any atom is 0.330 e. The molecule has 0 rings (SSSR count). The number of amides is 2. The fraction of sp³-hybridized carbons (Fsp3) is 0.533. The van der Waals surface area contributed by atoms with E-state index >= 15 is 0 Å². The Morgan fingerprint density at radius 3 is 1.13 bits per heavy atom. The lowest BCUT2D eigenvalue weighted by Gasteiger charge is -2.20. The van der Waals surface area contributed by atoms with Gasteiger partial charge < -0.3 is 43.0 Å². The topological polar surface area (TPSA) is 174 Å². The quantitative estimate of drug-likeness (QED) is 0.0498. The second kappa shape index (κ2) is 27.2. The van der Waals surface area contributed by atoms with Gasteiger partial charge in [-0.25, -0.2) is 9.59 Å². The van der Waals surface area contributed by atoms with Crippen LogP contribution < -0.4 is 0 Å². The van der Waals surface area contributed by atoms with Crippen LogP contribution in [-0.4, -0.2) is 138 Å². The average molecular weight is 641 g/mol. The molecule has 15 nitrogen and oxygen atoms in total. The summed E-state index contributed by atoms with van der Waals surface area (Å²) in [7, 11) is 0. The highest BCUT2D eigenvalue weighted by atomic mass is 16.6. The summed E-state index contributed by atoms with van der Waals surface area (Å²) in [5.41, 5.74) is 0. The Kier molecular flexibility index (Phi) is 24.6. The fourth-order valence-corrected chi connectivity index (χ4v) is 3.09. The third kappa shape index (κ3) is 22.8. The lowest BCUT2D eigenvalue weighted by Crippen LogP contribution is -2.36. The monoisotopic (exact) mass is 640 g/mol. The summed E-state index contributed by atoms with van der Waals surface area (Å²) in [5, 5.41) is 0. The van der Waals surface area contributed by atoms with E-state index in [2.05, 4.69) is 26.3 Å². The molecule has 0 saturated heterocycles. The molecule has 0 atom stereocenters. The summed E-state index contributed by atoms with van der Waals surface area (Å²) in [4.78, 5) is 72.4. The van der Waals surface area contributed by atoms with E-state index in [-0.39, 0.29) is 117 Å². The molecular formula is C30H44N2O13. The van der Waals surface area contributed by atoms with Crippen molar-refractivity contribution in [3.63, 3.8) is 0 Å². The summed E-state index contributed by atoms with van der Waals surface area (Å²) in [6.07, 6.45) is 4.33. The average Bonchev–Trinajstić information content (AvgIpc) is 3.04. The molecule has 0 radical (unpaired) electrons. The van der Waals surface area contributed by atoms with Crippen LogP contribution in [-0.2, 0) is 61.9 Å². The number of rotatable bonds is 28. The minimum Gasteiger partial charge on any atom is -0.463 e. The van der Waals surface area contributed by atoms with Gasteiger partial charge in [-0.2, -0.15) is 0 Å². The first-order valence-corrected chi connectivity index (χ1v) is 14.1. The van der Waals surface area contributed by atoms with E-state index < -0.39 is 23.9 Å². The summed E-state index contributed by atoms with van der Waals surface area (Å²) in [6, 6.07) is 0. The lowest BCUT2D eigenvalue weighted by molar-refractivity contribution is -0.148. The number of hydrogen-bond donors (Lipinski definition) is 0. The van der Waals surface area contributed by atoms with E-state index in [4.69, 9.17) is 33.2 Å². The number of ether oxygens (including phenoxy) is 7. The molecule has 0 fully saturated rings. The van der Waals surface area contributed by atoms with Gasteiger partial charge in [-0.1, -0.05) is 26.3 Å². The van der Waals surface area contributed by atoms with Gasteiger partial charge in [-0.05, 0) is 12.2 Å². The van der Waals surface area contributed by atoms with Crippen LogP contribution in [0.15, 0.2) is 50.6 Å². The maximum absolute atomic E-state index is 11.9. The maximum atomic E-state index is 11.9. The van der Waals surface area contributed by atoms with Crippen LogP contribution in [0.4, 0.5) is 0 Å². The van der Waals surface area contributed by atoms with E-state index in [0.717, 1.165) is 24.3 Å². The van der Waals surface area contributed by atoms with Gasteiger partial charge in [0.2, 0.25) is 11.8 Å². The van der Waals surface area contributed by atoms with Gasteiger partial charge >= 0.3 is 23.9 Å². The minimum atomic E-state index is -0.590.